The van der Waals surface area contributed by atoms with E-state index in [0.717, 1.165) is 13.0 Å². The van der Waals surface area contributed by atoms with E-state index in [4.69, 9.17) is 4.74 Å². The molecule has 12 heavy (non-hydrogen) atoms. The maximum Gasteiger partial charge on any atom is 0.105 e. The van der Waals surface area contributed by atoms with Crippen LogP contribution in [-0.2, 0) is 4.74 Å². The van der Waals surface area contributed by atoms with Crippen LogP contribution in [0.2, 0.25) is 0 Å². The first-order valence-corrected chi connectivity index (χ1v) is 5.02. The zero-order valence-corrected chi connectivity index (χ0v) is 9.87. The van der Waals surface area contributed by atoms with Crippen molar-refractivity contribution in [1.82, 2.24) is 0 Å². The molecule has 0 N–H and O–H groups in total. The van der Waals surface area contributed by atoms with E-state index < -0.39 is 0 Å². The molecule has 0 atom stereocenters. The van der Waals surface area contributed by atoms with Gasteiger partial charge in [0.15, 0.2) is 0 Å². The van der Waals surface area contributed by atoms with Crippen molar-refractivity contribution in [1.29, 1.82) is 0 Å². The molecule has 0 aromatic carbocycles. The third kappa shape index (κ3) is 10.3. The molecule has 1 nitrogen and oxygen atoms in total. The smallest absolute Gasteiger partial charge is 0.105 e. The molecule has 2 heteroatoms. The first-order valence-electron chi connectivity index (χ1n) is 4.57. The van der Waals surface area contributed by atoms with Crippen LogP contribution in [0.1, 0.15) is 47.5 Å². The van der Waals surface area contributed by atoms with Gasteiger partial charge in [-0.25, -0.2) is 0 Å². The minimum atomic E-state index is -0.280. The molecular weight excluding hydrogens is 168 g/mol. The second kappa shape index (κ2) is 4.52. The lowest BCUT2D eigenvalue weighted by molar-refractivity contribution is 0.0475. The van der Waals surface area contributed by atoms with Gasteiger partial charge in [0.2, 0.25) is 0 Å². The van der Waals surface area contributed by atoms with Crippen molar-refractivity contribution >= 4 is 12.6 Å². The van der Waals surface area contributed by atoms with Crippen molar-refractivity contribution in [3.8, 4) is 0 Å². The van der Waals surface area contributed by atoms with Gasteiger partial charge in [-0.3, -0.25) is 0 Å². The molecular formula is C10H22OS. The Bertz CT molecular complexity index is 103. The number of hydrogen-bond donors (Lipinski definition) is 1. The van der Waals surface area contributed by atoms with Gasteiger partial charge in [0.05, 0.1) is 0 Å². The highest BCUT2D eigenvalue weighted by Crippen LogP contribution is 2.21. The van der Waals surface area contributed by atoms with Crippen LogP contribution in [0.3, 0.4) is 0 Å². The Balaban J connectivity index is 3.35. The minimum Gasteiger partial charge on any atom is -0.365 e. The van der Waals surface area contributed by atoms with Crippen LogP contribution >= 0.6 is 12.6 Å². The summed E-state index contributed by atoms with van der Waals surface area (Å²) in [4.78, 5) is -0.280. The van der Waals surface area contributed by atoms with Crippen LogP contribution in [-0.4, -0.2) is 11.5 Å². The quantitative estimate of drug-likeness (QED) is 0.405. The average Bonchev–Trinajstić information content (AvgIpc) is 1.76. The SMILES string of the molecule is CC(C)(C)CCCOC(C)(C)S. The fraction of sp³-hybridized carbons (Fsp3) is 1.00. The predicted octanol–water partition coefficient (Wildman–Crippen LogP) is 3.50. The molecule has 0 unspecified atom stereocenters. The summed E-state index contributed by atoms with van der Waals surface area (Å²) >= 11 is 4.28. The zero-order valence-electron chi connectivity index (χ0n) is 8.98. The van der Waals surface area contributed by atoms with Crippen LogP contribution in [0.25, 0.3) is 0 Å². The largest absolute Gasteiger partial charge is 0.365 e. The molecule has 0 saturated carbocycles. The van der Waals surface area contributed by atoms with E-state index in [-0.39, 0.29) is 4.93 Å². The Hall–Kier alpha value is 0.310. The lowest BCUT2D eigenvalue weighted by Gasteiger charge is -2.21. The summed E-state index contributed by atoms with van der Waals surface area (Å²) in [5, 5.41) is 0. The molecule has 0 aliphatic rings. The van der Waals surface area contributed by atoms with Crippen molar-refractivity contribution < 1.29 is 4.74 Å². The Morgan fingerprint density at radius 2 is 1.58 bits per heavy atom. The first kappa shape index (κ1) is 12.3. The highest BCUT2D eigenvalue weighted by molar-refractivity contribution is 7.81. The molecule has 0 spiro atoms. The van der Waals surface area contributed by atoms with Crippen molar-refractivity contribution in [2.45, 2.75) is 52.4 Å². The Morgan fingerprint density at radius 1 is 1.08 bits per heavy atom. The van der Waals surface area contributed by atoms with Crippen LogP contribution in [0.15, 0.2) is 0 Å². The van der Waals surface area contributed by atoms with Crippen LogP contribution in [0.5, 0.6) is 0 Å². The van der Waals surface area contributed by atoms with E-state index in [9.17, 15) is 0 Å². The topological polar surface area (TPSA) is 9.23 Å². The lowest BCUT2D eigenvalue weighted by Crippen LogP contribution is -2.17. The maximum absolute atomic E-state index is 5.49. The van der Waals surface area contributed by atoms with Gasteiger partial charge < -0.3 is 4.74 Å². The molecule has 0 amide bonds. The summed E-state index contributed by atoms with van der Waals surface area (Å²) in [5.41, 5.74) is 0.421. The summed E-state index contributed by atoms with van der Waals surface area (Å²) in [6.45, 7) is 11.5. The van der Waals surface area contributed by atoms with E-state index in [1.54, 1.807) is 0 Å². The average molecular weight is 190 g/mol. The molecule has 0 bridgehead atoms. The van der Waals surface area contributed by atoms with E-state index in [0.29, 0.717) is 5.41 Å². The summed E-state index contributed by atoms with van der Waals surface area (Å²) in [5.74, 6) is 0. The van der Waals surface area contributed by atoms with Crippen molar-refractivity contribution in [3.63, 3.8) is 0 Å². The van der Waals surface area contributed by atoms with Gasteiger partial charge in [0.1, 0.15) is 4.93 Å². The second-order valence-corrected chi connectivity index (χ2v) is 6.04. The number of hydrogen-bond acceptors (Lipinski definition) is 2. The van der Waals surface area contributed by atoms with Crippen LogP contribution in [0, 0.1) is 5.41 Å². The Labute approximate surface area is 82.3 Å². The minimum absolute atomic E-state index is 0.280. The van der Waals surface area contributed by atoms with E-state index in [2.05, 4.69) is 33.4 Å². The van der Waals surface area contributed by atoms with Gasteiger partial charge in [-0.1, -0.05) is 20.8 Å². The molecule has 0 heterocycles. The van der Waals surface area contributed by atoms with Crippen LogP contribution in [0.4, 0.5) is 0 Å². The van der Waals surface area contributed by atoms with E-state index in [1.807, 2.05) is 13.8 Å². The van der Waals surface area contributed by atoms with Gasteiger partial charge in [0.25, 0.3) is 0 Å². The summed E-state index contributed by atoms with van der Waals surface area (Å²) < 4.78 is 5.49. The number of ether oxygens (including phenoxy) is 1. The molecule has 0 radical (unpaired) electrons. The second-order valence-electron chi connectivity index (χ2n) is 4.96. The molecule has 0 aromatic rings. The van der Waals surface area contributed by atoms with Gasteiger partial charge in [-0.2, -0.15) is 0 Å². The van der Waals surface area contributed by atoms with Crippen LogP contribution < -0.4 is 0 Å². The van der Waals surface area contributed by atoms with Crippen molar-refractivity contribution in [3.05, 3.63) is 0 Å². The van der Waals surface area contributed by atoms with Crippen molar-refractivity contribution in [2.24, 2.45) is 5.41 Å². The summed E-state index contributed by atoms with van der Waals surface area (Å²) in [6.07, 6.45) is 2.32. The highest BCUT2D eigenvalue weighted by atomic mass is 32.1. The summed E-state index contributed by atoms with van der Waals surface area (Å²) in [6, 6.07) is 0. The normalized spacial score (nSPS) is 13.5. The van der Waals surface area contributed by atoms with E-state index >= 15 is 0 Å². The molecule has 74 valence electrons. The van der Waals surface area contributed by atoms with E-state index in [1.165, 1.54) is 6.42 Å². The third-order valence-electron chi connectivity index (χ3n) is 1.53. The molecule has 0 saturated heterocycles. The molecule has 0 aromatic heterocycles. The van der Waals surface area contributed by atoms with Gasteiger partial charge in [-0.15, -0.1) is 12.6 Å². The Morgan fingerprint density at radius 3 is 1.92 bits per heavy atom. The molecule has 0 fully saturated rings. The standard InChI is InChI=1S/C10H22OS/c1-9(2,3)7-6-8-11-10(4,5)12/h12H,6-8H2,1-5H3. The highest BCUT2D eigenvalue weighted by Gasteiger charge is 2.13. The summed E-state index contributed by atoms with van der Waals surface area (Å²) in [7, 11) is 0. The van der Waals surface area contributed by atoms with Gasteiger partial charge >= 0.3 is 0 Å². The third-order valence-corrected chi connectivity index (χ3v) is 1.66. The molecule has 0 aliphatic heterocycles. The molecule has 0 rings (SSSR count). The predicted molar refractivity (Wildman–Crippen MR) is 57.7 cm³/mol. The number of thiol groups is 1. The monoisotopic (exact) mass is 190 g/mol. The first-order chi connectivity index (χ1) is 5.21. The van der Waals surface area contributed by atoms with Gasteiger partial charge in [-0.05, 0) is 32.1 Å². The maximum atomic E-state index is 5.49. The molecule has 0 aliphatic carbocycles. The fourth-order valence-electron chi connectivity index (χ4n) is 0.924. The fourth-order valence-corrected chi connectivity index (χ4v) is 1.02. The van der Waals surface area contributed by atoms with Crippen molar-refractivity contribution in [2.75, 3.05) is 6.61 Å². The number of rotatable bonds is 4. The lowest BCUT2D eigenvalue weighted by atomic mass is 9.91. The zero-order chi connectivity index (χ0) is 9.83. The van der Waals surface area contributed by atoms with Gasteiger partial charge in [0, 0.05) is 6.61 Å². The Kier molecular flexibility index (Phi) is 4.64.